The second kappa shape index (κ2) is 12.6. The molecule has 0 aromatic heterocycles. The van der Waals surface area contributed by atoms with Crippen molar-refractivity contribution in [1.82, 2.24) is 15.1 Å². The van der Waals surface area contributed by atoms with Gasteiger partial charge in [-0.25, -0.2) is 0 Å². The summed E-state index contributed by atoms with van der Waals surface area (Å²) in [5.74, 6) is -0.241. The Labute approximate surface area is 230 Å². The Morgan fingerprint density at radius 1 is 0.821 bits per heavy atom. The highest BCUT2D eigenvalue weighted by atomic mass is 16.3. The number of rotatable bonds is 10. The van der Waals surface area contributed by atoms with E-state index in [0.29, 0.717) is 11.1 Å². The molecule has 2 saturated heterocycles. The maximum absolute atomic E-state index is 13.0. The second-order valence-electron chi connectivity index (χ2n) is 11.8. The van der Waals surface area contributed by atoms with Crippen LogP contribution in [0.2, 0.25) is 0 Å². The summed E-state index contributed by atoms with van der Waals surface area (Å²) in [7, 11) is 0. The van der Waals surface area contributed by atoms with Crippen molar-refractivity contribution < 1.29 is 24.3 Å². The van der Waals surface area contributed by atoms with Gasteiger partial charge < -0.3 is 15.3 Å². The number of nitrogens with one attached hydrogen (secondary N) is 2. The summed E-state index contributed by atoms with van der Waals surface area (Å²) in [6.45, 7) is 4.39. The predicted octanol–water partition coefficient (Wildman–Crippen LogP) is 3.32. The van der Waals surface area contributed by atoms with Gasteiger partial charge in [-0.05, 0) is 107 Å². The molecule has 1 atom stereocenters. The van der Waals surface area contributed by atoms with Crippen molar-refractivity contribution in [1.29, 1.82) is 0 Å². The summed E-state index contributed by atoms with van der Waals surface area (Å²) in [5.41, 5.74) is 1.40. The molecule has 3 fully saturated rings. The van der Waals surface area contributed by atoms with Crippen LogP contribution >= 0.6 is 0 Å². The molecular weight excluding hydrogens is 496 g/mol. The Balaban J connectivity index is 0.979. The van der Waals surface area contributed by atoms with Gasteiger partial charge in [0.05, 0.1) is 17.2 Å². The van der Waals surface area contributed by atoms with Crippen molar-refractivity contribution in [3.05, 3.63) is 29.3 Å². The van der Waals surface area contributed by atoms with Gasteiger partial charge in [0.2, 0.25) is 11.8 Å². The zero-order valence-corrected chi connectivity index (χ0v) is 22.8. The summed E-state index contributed by atoms with van der Waals surface area (Å²) >= 11 is 0. The van der Waals surface area contributed by atoms with Crippen LogP contribution in [0, 0.1) is 11.8 Å². The van der Waals surface area contributed by atoms with Crippen molar-refractivity contribution in [2.24, 2.45) is 11.8 Å². The molecule has 1 aliphatic carbocycles. The lowest BCUT2D eigenvalue weighted by atomic mass is 9.75. The molecular formula is C30H42N4O5. The van der Waals surface area contributed by atoms with Gasteiger partial charge in [0.15, 0.2) is 0 Å². The zero-order chi connectivity index (χ0) is 27.4. The van der Waals surface area contributed by atoms with E-state index in [2.05, 4.69) is 15.5 Å². The van der Waals surface area contributed by atoms with Crippen molar-refractivity contribution in [2.45, 2.75) is 89.2 Å². The number of fused-ring (bicyclic) bond motifs is 1. The SMILES string of the molecule is O=C1CCC(N2C(=O)c3ccc(NCCCCCCN4CCC(C5CCC(O)CC5)CC4)cc3C2=O)C(=O)N1. The third kappa shape index (κ3) is 6.52. The fourth-order valence-corrected chi connectivity index (χ4v) is 6.85. The van der Waals surface area contributed by atoms with Crippen LogP contribution in [0.4, 0.5) is 5.69 Å². The van der Waals surface area contributed by atoms with Gasteiger partial charge in [-0.2, -0.15) is 0 Å². The largest absolute Gasteiger partial charge is 0.393 e. The first-order valence-electron chi connectivity index (χ1n) is 14.9. The molecule has 1 unspecified atom stereocenters. The van der Waals surface area contributed by atoms with Crippen LogP contribution in [-0.2, 0) is 9.59 Å². The number of likely N-dealkylation sites (tertiary alicyclic amines) is 1. The third-order valence-electron chi connectivity index (χ3n) is 9.21. The van der Waals surface area contributed by atoms with Gasteiger partial charge in [0.25, 0.3) is 11.8 Å². The Hall–Kier alpha value is -2.78. The zero-order valence-electron chi connectivity index (χ0n) is 22.8. The lowest BCUT2D eigenvalue weighted by molar-refractivity contribution is -0.136. The van der Waals surface area contributed by atoms with E-state index in [1.165, 1.54) is 58.2 Å². The average Bonchev–Trinajstić information content (AvgIpc) is 3.18. The van der Waals surface area contributed by atoms with Gasteiger partial charge in [-0.15, -0.1) is 0 Å². The summed E-state index contributed by atoms with van der Waals surface area (Å²) in [6, 6.07) is 4.20. The van der Waals surface area contributed by atoms with E-state index >= 15 is 0 Å². The Bertz CT molecular complexity index is 1080. The first-order valence-corrected chi connectivity index (χ1v) is 14.9. The molecule has 1 aromatic rings. The minimum Gasteiger partial charge on any atom is -0.393 e. The number of anilines is 1. The molecule has 3 N–H and O–H groups in total. The van der Waals surface area contributed by atoms with Gasteiger partial charge in [0.1, 0.15) is 6.04 Å². The topological polar surface area (TPSA) is 119 Å². The lowest BCUT2D eigenvalue weighted by Crippen LogP contribution is -2.54. The van der Waals surface area contributed by atoms with Gasteiger partial charge in [0, 0.05) is 18.7 Å². The quantitative estimate of drug-likeness (QED) is 0.309. The maximum Gasteiger partial charge on any atom is 0.262 e. The Kier molecular flexibility index (Phi) is 8.97. The van der Waals surface area contributed by atoms with Crippen LogP contribution in [0.3, 0.4) is 0 Å². The van der Waals surface area contributed by atoms with E-state index in [0.717, 1.165) is 54.7 Å². The number of imide groups is 2. The number of amides is 4. The number of unbranched alkanes of at least 4 members (excludes halogenated alkanes) is 3. The van der Waals surface area contributed by atoms with Crippen molar-refractivity contribution in [3.63, 3.8) is 0 Å². The number of aliphatic hydroxyl groups is 1. The van der Waals surface area contributed by atoms with Crippen LogP contribution in [0.1, 0.15) is 97.8 Å². The highest BCUT2D eigenvalue weighted by Gasteiger charge is 2.44. The van der Waals surface area contributed by atoms with Crippen molar-refractivity contribution in [3.8, 4) is 0 Å². The molecule has 0 bridgehead atoms. The average molecular weight is 539 g/mol. The van der Waals surface area contributed by atoms with Gasteiger partial charge in [-0.1, -0.05) is 12.8 Å². The molecule has 39 heavy (non-hydrogen) atoms. The summed E-state index contributed by atoms with van der Waals surface area (Å²) in [6.07, 6.45) is 11.8. The van der Waals surface area contributed by atoms with Gasteiger partial charge >= 0.3 is 0 Å². The molecule has 1 aromatic carbocycles. The minimum atomic E-state index is -0.940. The lowest BCUT2D eigenvalue weighted by Gasteiger charge is -2.38. The molecule has 5 rings (SSSR count). The van der Waals surface area contributed by atoms with Crippen LogP contribution in [0.25, 0.3) is 0 Å². The normalized spacial score (nSPS) is 26.6. The van der Waals surface area contributed by atoms with Crippen LogP contribution in [0.15, 0.2) is 18.2 Å². The highest BCUT2D eigenvalue weighted by Crippen LogP contribution is 2.36. The fourth-order valence-electron chi connectivity index (χ4n) is 6.85. The Morgan fingerprint density at radius 2 is 1.51 bits per heavy atom. The van der Waals surface area contributed by atoms with Crippen LogP contribution in [0.5, 0.6) is 0 Å². The van der Waals surface area contributed by atoms with Crippen LogP contribution < -0.4 is 10.6 Å². The van der Waals surface area contributed by atoms with Gasteiger partial charge in [-0.3, -0.25) is 29.4 Å². The number of piperidine rings is 2. The number of nitrogens with zero attached hydrogens (tertiary/aromatic N) is 2. The first kappa shape index (κ1) is 27.8. The summed E-state index contributed by atoms with van der Waals surface area (Å²) in [4.78, 5) is 53.1. The third-order valence-corrected chi connectivity index (χ3v) is 9.21. The predicted molar refractivity (Wildman–Crippen MR) is 147 cm³/mol. The second-order valence-corrected chi connectivity index (χ2v) is 11.8. The highest BCUT2D eigenvalue weighted by molar-refractivity contribution is 6.23. The molecule has 212 valence electrons. The molecule has 9 nitrogen and oxygen atoms in total. The van der Waals surface area contributed by atoms with E-state index in [-0.39, 0.29) is 24.9 Å². The van der Waals surface area contributed by atoms with E-state index in [1.807, 2.05) is 0 Å². The van der Waals surface area contributed by atoms with E-state index < -0.39 is 23.8 Å². The number of hydrogen-bond acceptors (Lipinski definition) is 7. The monoisotopic (exact) mass is 538 g/mol. The molecule has 9 heteroatoms. The number of hydrogen-bond donors (Lipinski definition) is 3. The smallest absolute Gasteiger partial charge is 0.262 e. The van der Waals surface area contributed by atoms with E-state index in [1.54, 1.807) is 18.2 Å². The number of aliphatic hydroxyl groups excluding tert-OH is 1. The molecule has 0 radical (unpaired) electrons. The standard InChI is InChI=1S/C30H42N4O5/c35-23-8-5-20(6-9-23)21-13-17-33(18-14-21)16-4-2-1-3-15-31-22-7-10-24-25(19-22)30(39)34(29(24)38)26-11-12-27(36)32-28(26)37/h7,10,19-21,23,26,31,35H,1-6,8-9,11-18H2,(H,32,36,37). The molecule has 4 amide bonds. The maximum atomic E-state index is 13.0. The summed E-state index contributed by atoms with van der Waals surface area (Å²) < 4.78 is 0. The number of carbonyl (C=O) groups is 4. The summed E-state index contributed by atoms with van der Waals surface area (Å²) in [5, 5.41) is 15.3. The van der Waals surface area contributed by atoms with E-state index in [4.69, 9.17) is 0 Å². The molecule has 3 heterocycles. The Morgan fingerprint density at radius 3 is 2.26 bits per heavy atom. The minimum absolute atomic E-state index is 0.0577. The van der Waals surface area contributed by atoms with Crippen molar-refractivity contribution in [2.75, 3.05) is 31.5 Å². The molecule has 3 aliphatic heterocycles. The van der Waals surface area contributed by atoms with Crippen molar-refractivity contribution >= 4 is 29.3 Å². The van der Waals surface area contributed by atoms with Crippen LogP contribution in [-0.4, -0.2) is 76.9 Å². The molecule has 4 aliphatic rings. The fraction of sp³-hybridized carbons (Fsp3) is 0.667. The number of carbonyl (C=O) groups excluding carboxylic acids is 4. The molecule has 1 saturated carbocycles. The first-order chi connectivity index (χ1) is 18.9. The molecule has 0 spiro atoms. The number of benzene rings is 1. The van der Waals surface area contributed by atoms with E-state index in [9.17, 15) is 24.3 Å².